The van der Waals surface area contributed by atoms with Gasteiger partial charge in [-0.2, -0.15) is 5.10 Å². The van der Waals surface area contributed by atoms with Crippen LogP contribution < -0.4 is 11.5 Å². The van der Waals surface area contributed by atoms with Gasteiger partial charge in [-0.15, -0.1) is 0 Å². The summed E-state index contributed by atoms with van der Waals surface area (Å²) in [5.74, 6) is 41.3. The van der Waals surface area contributed by atoms with Gasteiger partial charge in [-0.1, -0.05) is 22.2 Å². The third-order valence-corrected chi connectivity index (χ3v) is 5.31. The molecule has 0 aliphatic carbocycles. The Kier molecular flexibility index (Phi) is 14.9. The van der Waals surface area contributed by atoms with Gasteiger partial charge in [0.05, 0.1) is 27.2 Å². The maximum absolute atomic E-state index is 12.1. The summed E-state index contributed by atoms with van der Waals surface area (Å²) < 4.78 is 12.0. The average molecular weight is 653 g/mol. The van der Waals surface area contributed by atoms with Crippen molar-refractivity contribution in [2.24, 2.45) is 21.5 Å². The first-order valence-electron chi connectivity index (χ1n) is 13.1. The highest BCUT2D eigenvalue weighted by atomic mass is 17.2. The second kappa shape index (κ2) is 19.6. The van der Waals surface area contributed by atoms with Gasteiger partial charge >= 0.3 is 5.69 Å². The van der Waals surface area contributed by atoms with E-state index in [2.05, 4.69) is 130 Å². The minimum atomic E-state index is -0.573. The molecule has 4 aromatic heterocycles. The maximum atomic E-state index is 12.1. The van der Waals surface area contributed by atoms with Crippen molar-refractivity contribution in [1.29, 1.82) is 0 Å². The molecule has 0 spiro atoms. The number of hydrogen-bond acceptors (Lipinski definition) is 10. The van der Waals surface area contributed by atoms with E-state index in [1.165, 1.54) is 4.40 Å². The SMILES string of the molecule is CC#CC#CC#CC#CC#CC#CC#CC.Cc1noc(C)c1-c1cc(-c2c(C)noc2C)c2n[nH]c(=O)n2c1.NN=NN=[N+]([O-])OO.[HH].[HH].[HH].[HH]. The fraction of sp³-hybridized carbons (Fsp3) is 0.188. The lowest BCUT2D eigenvalue weighted by molar-refractivity contribution is -0.873. The third-order valence-electron chi connectivity index (χ3n) is 5.31. The molecule has 4 aromatic rings. The number of pyridine rings is 1. The van der Waals surface area contributed by atoms with E-state index in [0.29, 0.717) is 17.2 Å². The van der Waals surface area contributed by atoms with Gasteiger partial charge in [0.15, 0.2) is 5.65 Å². The highest BCUT2D eigenvalue weighted by Crippen LogP contribution is 2.34. The number of nitrogens with two attached hydrogens (primary N) is 1. The molecular weight excluding hydrogens is 620 g/mol. The Bertz CT molecular complexity index is 2270. The van der Waals surface area contributed by atoms with Gasteiger partial charge < -0.3 is 19.2 Å². The highest BCUT2D eigenvalue weighted by Gasteiger charge is 2.20. The Labute approximate surface area is 279 Å². The number of aromatic amines is 1. The molecule has 0 amide bonds. The second-order valence-corrected chi connectivity index (χ2v) is 8.38. The monoisotopic (exact) mass is 652 g/mol. The molecule has 0 saturated heterocycles. The van der Waals surface area contributed by atoms with Crippen LogP contribution in [0, 0.1) is 116 Å². The van der Waals surface area contributed by atoms with Crippen molar-refractivity contribution in [3.05, 3.63) is 50.9 Å². The first-order valence-corrected chi connectivity index (χ1v) is 13.1. The number of fused-ring (bicyclic) bond motifs is 1. The minimum Gasteiger partial charge on any atom is -0.361 e. The summed E-state index contributed by atoms with van der Waals surface area (Å²) in [6.07, 6.45) is 1.73. The van der Waals surface area contributed by atoms with E-state index in [4.69, 9.17) is 14.3 Å². The minimum absolute atomic E-state index is 0. The van der Waals surface area contributed by atoms with E-state index in [-0.39, 0.29) is 11.4 Å². The number of rotatable bonds is 4. The largest absolute Gasteiger partial charge is 0.361 e. The van der Waals surface area contributed by atoms with Crippen LogP contribution in [0.5, 0.6) is 0 Å². The fourth-order valence-corrected chi connectivity index (χ4v) is 3.60. The van der Waals surface area contributed by atoms with Gasteiger partial charge in [0.1, 0.15) is 11.5 Å². The summed E-state index contributed by atoms with van der Waals surface area (Å²) >= 11 is 0. The summed E-state index contributed by atoms with van der Waals surface area (Å²) in [5.41, 5.74) is 4.97. The molecule has 0 bridgehead atoms. The van der Waals surface area contributed by atoms with Crippen molar-refractivity contribution >= 4 is 5.65 Å². The van der Waals surface area contributed by atoms with Gasteiger partial charge in [0.2, 0.25) is 10.4 Å². The van der Waals surface area contributed by atoms with Crippen LogP contribution in [-0.4, -0.2) is 35.2 Å². The molecule has 16 heteroatoms. The predicted molar refractivity (Wildman–Crippen MR) is 179 cm³/mol. The molecule has 48 heavy (non-hydrogen) atoms. The zero-order valence-corrected chi connectivity index (χ0v) is 26.3. The van der Waals surface area contributed by atoms with E-state index in [0.717, 1.165) is 33.6 Å². The van der Waals surface area contributed by atoms with Gasteiger partial charge in [-0.25, -0.2) is 14.3 Å². The van der Waals surface area contributed by atoms with Crippen LogP contribution in [0.2, 0.25) is 0 Å². The van der Waals surface area contributed by atoms with Gasteiger partial charge in [0.25, 0.3) is 0 Å². The first kappa shape index (κ1) is 36.5. The van der Waals surface area contributed by atoms with Gasteiger partial charge in [-0.3, -0.25) is 11.1 Å². The summed E-state index contributed by atoms with van der Waals surface area (Å²) in [7, 11) is 0. The summed E-state index contributed by atoms with van der Waals surface area (Å²) in [6, 6.07) is 1.95. The van der Waals surface area contributed by atoms with Crippen LogP contribution in [0.4, 0.5) is 0 Å². The number of H-pyrrole nitrogens is 1. The van der Waals surface area contributed by atoms with Crippen LogP contribution in [-0.2, 0) is 4.99 Å². The number of aromatic nitrogens is 5. The lowest BCUT2D eigenvalue weighted by atomic mass is 9.99. The van der Waals surface area contributed by atoms with Crippen LogP contribution in [0.15, 0.2) is 41.8 Å². The van der Waals surface area contributed by atoms with E-state index in [1.54, 1.807) is 20.0 Å². The summed E-state index contributed by atoms with van der Waals surface area (Å²) in [6.45, 7) is 10.8. The molecule has 0 atom stereocenters. The van der Waals surface area contributed by atoms with Crippen molar-refractivity contribution < 1.29 is 30.0 Å². The normalized spacial score (nSPS) is 9.10. The Balaban J connectivity index is -0.000000755. The molecule has 0 aliphatic rings. The summed E-state index contributed by atoms with van der Waals surface area (Å²) in [4.78, 5) is 15.1. The number of aryl methyl sites for hydroxylation is 4. The Morgan fingerprint density at radius 1 is 0.896 bits per heavy atom. The molecular formula is C32H32N10O6. The van der Waals surface area contributed by atoms with Gasteiger partial charge in [0, 0.05) is 28.6 Å². The van der Waals surface area contributed by atoms with Crippen LogP contribution in [0.3, 0.4) is 0 Å². The molecule has 0 radical (unpaired) electrons. The zero-order chi connectivity index (χ0) is 35.3. The fourth-order valence-electron chi connectivity index (χ4n) is 3.60. The van der Waals surface area contributed by atoms with E-state index in [1.807, 2.05) is 33.8 Å². The van der Waals surface area contributed by atoms with Crippen molar-refractivity contribution in [2.45, 2.75) is 41.5 Å². The van der Waals surface area contributed by atoms with Crippen LogP contribution in [0.25, 0.3) is 27.9 Å². The van der Waals surface area contributed by atoms with Crippen LogP contribution >= 0.6 is 0 Å². The molecule has 0 aromatic carbocycles. The van der Waals surface area contributed by atoms with E-state index < -0.39 is 5.02 Å². The van der Waals surface area contributed by atoms with Crippen molar-refractivity contribution in [1.82, 2.24) is 24.9 Å². The molecule has 0 fully saturated rings. The molecule has 4 N–H and O–H groups in total. The Morgan fingerprint density at radius 3 is 1.79 bits per heavy atom. The molecule has 0 aliphatic heterocycles. The Hall–Kier alpha value is -7.68. The van der Waals surface area contributed by atoms with Gasteiger partial charge in [-0.05, 0) is 119 Å². The third kappa shape index (κ3) is 10.8. The molecule has 4 heterocycles. The molecule has 0 saturated carbocycles. The second-order valence-electron chi connectivity index (χ2n) is 8.38. The smallest absolute Gasteiger partial charge is 0.347 e. The molecule has 16 nitrogen and oxygen atoms in total. The number of nitrogens with one attached hydrogen (secondary N) is 1. The van der Waals surface area contributed by atoms with Crippen LogP contribution in [0.1, 0.15) is 42.5 Å². The van der Waals surface area contributed by atoms with E-state index >= 15 is 0 Å². The lowest BCUT2D eigenvalue weighted by Gasteiger charge is -2.07. The zero-order valence-electron chi connectivity index (χ0n) is 26.3. The van der Waals surface area contributed by atoms with Crippen molar-refractivity contribution in [3.8, 4) is 105 Å². The molecule has 4 rings (SSSR count). The topological polar surface area (TPSA) is 221 Å². The predicted octanol–water partition coefficient (Wildman–Crippen LogP) is 4.19. The molecule has 246 valence electrons. The number of nitrogens with zero attached hydrogens (tertiary/aromatic N) is 8. The number of hydrogen-bond donors (Lipinski definition) is 3. The van der Waals surface area contributed by atoms with E-state index in [9.17, 15) is 10.0 Å². The highest BCUT2D eigenvalue weighted by molar-refractivity contribution is 5.84. The first-order chi connectivity index (χ1) is 23.2. The summed E-state index contributed by atoms with van der Waals surface area (Å²) in [5, 5.41) is 38.8. The Morgan fingerprint density at radius 2 is 1.38 bits per heavy atom. The maximum Gasteiger partial charge on any atom is 0.347 e. The van der Waals surface area contributed by atoms with Crippen molar-refractivity contribution in [2.75, 3.05) is 0 Å². The standard InChI is InChI=1S/C16H15N5O3.C16H6.H3N5O3.4H2/c1-7-13(9(3)23-19-7)11-5-12(14-8(2)20-24-10(14)4)15-17-18-16(22)21(15)6-11;1-3-5-7-9-11-13-15-16-14-12-10-8-6-4-2;1-2-3-4-5(6)8-7;;;;/h5-6H,1-4H3,(H,18,22);1-2H3;7H,(H2,1,3);4*1H. The molecule has 0 unspecified atom stereocenters. The quantitative estimate of drug-likeness (QED) is 0.0937. The van der Waals surface area contributed by atoms with Crippen molar-refractivity contribution in [3.63, 3.8) is 0 Å². The average Bonchev–Trinajstić information content (AvgIpc) is 3.75. The lowest BCUT2D eigenvalue weighted by Crippen LogP contribution is -2.09.